The lowest BCUT2D eigenvalue weighted by molar-refractivity contribution is -0.141. The number of esters is 1. The number of hydrogen-bond acceptors (Lipinski definition) is 5. The zero-order chi connectivity index (χ0) is 14.3. The van der Waals surface area contributed by atoms with E-state index in [-0.39, 0.29) is 31.1 Å². The lowest BCUT2D eigenvalue weighted by Crippen LogP contribution is -2.30. The smallest absolute Gasteiger partial charge is 0.305 e. The van der Waals surface area contributed by atoms with Crippen LogP contribution in [0.4, 0.5) is 0 Å². The van der Waals surface area contributed by atoms with Crippen LogP contribution < -0.4 is 5.32 Å². The van der Waals surface area contributed by atoms with Crippen LogP contribution >= 0.6 is 12.6 Å². The van der Waals surface area contributed by atoms with E-state index in [1.807, 2.05) is 0 Å². The number of nitrogens with one attached hydrogen (secondary N) is 1. The van der Waals surface area contributed by atoms with Gasteiger partial charge in [-0.05, 0) is 12.1 Å². The van der Waals surface area contributed by atoms with Gasteiger partial charge in [0.25, 0.3) is 5.91 Å². The Hall–Kier alpha value is -1.82. The molecule has 1 rings (SSSR count). The van der Waals surface area contributed by atoms with Crippen LogP contribution in [0, 0.1) is 0 Å². The number of methoxy groups -OCH3 is 1. The molecule has 0 heterocycles. The van der Waals surface area contributed by atoms with Crippen LogP contribution in [0.25, 0.3) is 0 Å². The van der Waals surface area contributed by atoms with Gasteiger partial charge in [0.2, 0.25) is 0 Å². The molecule has 0 radical (unpaired) electrons. The molecule has 0 aliphatic heterocycles. The molecule has 5 nitrogen and oxygen atoms in total. The summed E-state index contributed by atoms with van der Waals surface area (Å²) in [6.07, 6.45) is 0.0732. The molecule has 0 saturated heterocycles. The number of thiol groups is 1. The first-order valence-corrected chi connectivity index (χ1v) is 6.14. The molecule has 19 heavy (non-hydrogen) atoms. The molecule has 1 aromatic carbocycles. The third-order valence-corrected chi connectivity index (χ3v) is 2.82. The summed E-state index contributed by atoms with van der Waals surface area (Å²) in [6.45, 7) is -0.113. The second-order valence-corrected chi connectivity index (χ2v) is 4.30. The quantitative estimate of drug-likeness (QED) is 0.607. The second kappa shape index (κ2) is 7.58. The minimum atomic E-state index is -0.444. The van der Waals surface area contributed by atoms with E-state index in [1.54, 1.807) is 24.3 Å². The third kappa shape index (κ3) is 5.13. The van der Waals surface area contributed by atoms with Gasteiger partial charge in [0.05, 0.1) is 25.6 Å². The van der Waals surface area contributed by atoms with E-state index in [1.165, 1.54) is 7.11 Å². The summed E-state index contributed by atoms with van der Waals surface area (Å²) in [5.41, 5.74) is 0.409. The number of amides is 1. The molecule has 0 aliphatic carbocycles. The Kier molecular flexibility index (Phi) is 6.08. The van der Waals surface area contributed by atoms with Crippen LogP contribution in [0.1, 0.15) is 23.2 Å². The molecule has 102 valence electrons. The van der Waals surface area contributed by atoms with Gasteiger partial charge in [-0.3, -0.25) is 14.4 Å². The molecule has 0 spiro atoms. The number of Topliss-reactive ketones (excluding diaryl/α,β-unsaturated/α-hetero) is 1. The fourth-order valence-corrected chi connectivity index (χ4v) is 1.63. The second-order valence-electron chi connectivity index (χ2n) is 3.81. The van der Waals surface area contributed by atoms with Crippen LogP contribution in [-0.4, -0.2) is 31.3 Å². The Bertz CT molecular complexity index is 487. The summed E-state index contributed by atoms with van der Waals surface area (Å²) < 4.78 is 4.42. The molecule has 1 aromatic rings. The maximum atomic E-state index is 11.8. The van der Waals surface area contributed by atoms with E-state index < -0.39 is 5.97 Å². The van der Waals surface area contributed by atoms with Crippen molar-refractivity contribution in [3.8, 4) is 0 Å². The normalized spacial score (nSPS) is 9.79. The Labute approximate surface area is 116 Å². The van der Waals surface area contributed by atoms with Crippen molar-refractivity contribution in [3.63, 3.8) is 0 Å². The molecule has 0 saturated carbocycles. The van der Waals surface area contributed by atoms with Crippen LogP contribution in [0.5, 0.6) is 0 Å². The van der Waals surface area contributed by atoms with Gasteiger partial charge in [0.15, 0.2) is 5.78 Å². The number of hydrogen-bond donors (Lipinski definition) is 2. The fraction of sp³-hybridized carbons (Fsp3) is 0.308. The van der Waals surface area contributed by atoms with Gasteiger partial charge in [-0.1, -0.05) is 12.1 Å². The van der Waals surface area contributed by atoms with Crippen LogP contribution in [0.2, 0.25) is 0 Å². The van der Waals surface area contributed by atoms with E-state index in [0.717, 1.165) is 0 Å². The number of ketones is 1. The third-order valence-electron chi connectivity index (χ3n) is 2.43. The van der Waals surface area contributed by atoms with Crippen LogP contribution in [-0.2, 0) is 14.3 Å². The van der Waals surface area contributed by atoms with Crippen molar-refractivity contribution >= 4 is 30.3 Å². The molecule has 0 bridgehead atoms. The molecular weight excluding hydrogens is 266 g/mol. The van der Waals surface area contributed by atoms with Crippen molar-refractivity contribution in [2.24, 2.45) is 0 Å². The van der Waals surface area contributed by atoms with E-state index in [9.17, 15) is 14.4 Å². The van der Waals surface area contributed by atoms with Crippen molar-refractivity contribution < 1.29 is 19.1 Å². The summed E-state index contributed by atoms with van der Waals surface area (Å²) in [7, 11) is 1.26. The maximum absolute atomic E-state index is 11.8. The Morgan fingerprint density at radius 1 is 1.21 bits per heavy atom. The highest BCUT2D eigenvalue weighted by Crippen LogP contribution is 2.12. The van der Waals surface area contributed by atoms with Crippen LogP contribution in [0.15, 0.2) is 29.2 Å². The molecule has 0 aromatic heterocycles. The molecule has 1 N–H and O–H groups in total. The van der Waals surface area contributed by atoms with Crippen LogP contribution in [0.3, 0.4) is 0 Å². The van der Waals surface area contributed by atoms with Crippen molar-refractivity contribution in [2.45, 2.75) is 17.7 Å². The van der Waals surface area contributed by atoms with E-state index in [4.69, 9.17) is 0 Å². The number of carbonyl (C=O) groups is 3. The first-order chi connectivity index (χ1) is 9.04. The largest absolute Gasteiger partial charge is 0.469 e. The first-order valence-electron chi connectivity index (χ1n) is 5.69. The van der Waals surface area contributed by atoms with Crippen molar-refractivity contribution in [3.05, 3.63) is 29.8 Å². The topological polar surface area (TPSA) is 72.5 Å². The summed E-state index contributed by atoms with van der Waals surface area (Å²) in [5.74, 6) is -1.03. The average molecular weight is 281 g/mol. The highest BCUT2D eigenvalue weighted by atomic mass is 32.1. The summed E-state index contributed by atoms with van der Waals surface area (Å²) in [5, 5.41) is 2.49. The molecule has 0 fully saturated rings. The number of rotatable bonds is 6. The number of benzene rings is 1. The van der Waals surface area contributed by atoms with Crippen molar-refractivity contribution in [1.82, 2.24) is 5.32 Å². The SMILES string of the molecule is COC(=O)CCC(=O)CNC(=O)c1ccccc1S. The lowest BCUT2D eigenvalue weighted by atomic mass is 10.2. The van der Waals surface area contributed by atoms with Crippen molar-refractivity contribution in [1.29, 1.82) is 0 Å². The minimum Gasteiger partial charge on any atom is -0.469 e. The van der Waals surface area contributed by atoms with Gasteiger partial charge >= 0.3 is 5.97 Å². The van der Waals surface area contributed by atoms with E-state index >= 15 is 0 Å². The zero-order valence-corrected chi connectivity index (χ0v) is 11.4. The molecule has 0 atom stereocenters. The molecule has 1 amide bonds. The molecular formula is C13H15NO4S. The fourth-order valence-electron chi connectivity index (χ4n) is 1.37. The minimum absolute atomic E-state index is 0.0222. The van der Waals surface area contributed by atoms with Gasteiger partial charge in [0, 0.05) is 11.3 Å². The Morgan fingerprint density at radius 2 is 1.89 bits per heavy atom. The standard InChI is InChI=1S/C13H15NO4S/c1-18-12(16)7-6-9(15)8-14-13(17)10-4-2-3-5-11(10)19/h2-5,19H,6-8H2,1H3,(H,14,17). The van der Waals surface area contributed by atoms with Gasteiger partial charge in [-0.15, -0.1) is 12.6 Å². The first kappa shape index (κ1) is 15.2. The van der Waals surface area contributed by atoms with Gasteiger partial charge in [-0.2, -0.15) is 0 Å². The number of carbonyl (C=O) groups excluding carboxylic acids is 3. The Morgan fingerprint density at radius 3 is 2.53 bits per heavy atom. The Balaban J connectivity index is 2.40. The lowest BCUT2D eigenvalue weighted by Gasteiger charge is -2.06. The predicted octanol–water partition coefficient (Wildman–Crippen LogP) is 1.23. The monoisotopic (exact) mass is 281 g/mol. The van der Waals surface area contributed by atoms with Gasteiger partial charge < -0.3 is 10.1 Å². The van der Waals surface area contributed by atoms with Gasteiger partial charge in [0.1, 0.15) is 0 Å². The zero-order valence-electron chi connectivity index (χ0n) is 10.5. The van der Waals surface area contributed by atoms with Gasteiger partial charge in [-0.25, -0.2) is 0 Å². The summed E-state index contributed by atoms with van der Waals surface area (Å²) >= 11 is 4.16. The molecule has 0 aliphatic rings. The summed E-state index contributed by atoms with van der Waals surface area (Å²) in [6, 6.07) is 6.79. The molecule has 6 heteroatoms. The number of ether oxygens (including phenoxy) is 1. The van der Waals surface area contributed by atoms with E-state index in [2.05, 4.69) is 22.7 Å². The molecule has 0 unspecified atom stereocenters. The maximum Gasteiger partial charge on any atom is 0.305 e. The highest BCUT2D eigenvalue weighted by Gasteiger charge is 2.11. The predicted molar refractivity (Wildman–Crippen MR) is 72.3 cm³/mol. The summed E-state index contributed by atoms with van der Waals surface area (Å²) in [4.78, 5) is 34.6. The average Bonchev–Trinajstić information content (AvgIpc) is 2.42. The highest BCUT2D eigenvalue weighted by molar-refractivity contribution is 7.80. The van der Waals surface area contributed by atoms with Crippen molar-refractivity contribution in [2.75, 3.05) is 13.7 Å². The van der Waals surface area contributed by atoms with E-state index in [0.29, 0.717) is 10.5 Å².